The minimum Gasteiger partial charge on any atom is -0.386 e. The van der Waals surface area contributed by atoms with Crippen LogP contribution in [0.1, 0.15) is 29.4 Å². The highest BCUT2D eigenvalue weighted by Crippen LogP contribution is 2.12. The van der Waals surface area contributed by atoms with Crippen molar-refractivity contribution in [3.63, 3.8) is 0 Å². The number of nitrogens with two attached hydrogens (primary N) is 1. The number of carbonyl (C=O) groups is 1. The molecule has 2 rings (SSSR count). The first-order valence-corrected chi connectivity index (χ1v) is 9.88. The van der Waals surface area contributed by atoms with Crippen molar-refractivity contribution in [2.45, 2.75) is 26.3 Å². The average molecular weight is 485 g/mol. The second-order valence-corrected chi connectivity index (χ2v) is 6.79. The molecule has 1 atom stereocenters. The maximum atomic E-state index is 13.0. The van der Waals surface area contributed by atoms with Crippen LogP contribution < -0.4 is 11.1 Å². The van der Waals surface area contributed by atoms with Gasteiger partial charge in [-0.3, -0.25) is 9.79 Å². The van der Waals surface area contributed by atoms with Crippen molar-refractivity contribution in [3.05, 3.63) is 52.0 Å². The molecule has 0 saturated heterocycles. The number of aryl methyl sites for hydroxylation is 1. The number of carbonyl (C=O) groups excluding carboxylic acids is 1. The third kappa shape index (κ3) is 11.4. The number of aliphatic imine (C=N–C) groups is 1. The molecule has 0 aliphatic carbocycles. The van der Waals surface area contributed by atoms with Crippen molar-refractivity contribution in [2.75, 3.05) is 26.4 Å². The summed E-state index contributed by atoms with van der Waals surface area (Å²) in [5.41, 5.74) is 6.42. The van der Waals surface area contributed by atoms with Crippen LogP contribution in [0.15, 0.2) is 45.8 Å². The molecule has 0 spiro atoms. The Hall–Kier alpha value is -2.57. The van der Waals surface area contributed by atoms with Gasteiger partial charge in [0, 0.05) is 17.2 Å². The van der Waals surface area contributed by atoms with Gasteiger partial charge in [-0.2, -0.15) is 0 Å². The average Bonchev–Trinajstić information content (AvgIpc) is 2.73. The molecule has 1 aromatic heterocycles. The number of aromatic nitrogens is 1. The second kappa shape index (κ2) is 16.3. The first kappa shape index (κ1) is 27.4. The van der Waals surface area contributed by atoms with E-state index < -0.39 is 6.67 Å². The van der Waals surface area contributed by atoms with E-state index in [0.29, 0.717) is 31.2 Å². The molecule has 1 aliphatic rings. The number of nitrogens with zero attached hydrogens (tertiary/aromatic N) is 2. The lowest BCUT2D eigenvalue weighted by Crippen LogP contribution is -2.31. The van der Waals surface area contributed by atoms with Crippen LogP contribution in [0.4, 0.5) is 8.78 Å². The molecule has 1 unspecified atom stereocenters. The summed E-state index contributed by atoms with van der Waals surface area (Å²) in [7, 11) is 0. The zero-order chi connectivity index (χ0) is 22.9. The first-order chi connectivity index (χ1) is 14.4. The number of amides is 1. The van der Waals surface area contributed by atoms with E-state index in [-0.39, 0.29) is 24.3 Å². The number of hydrogen-bond acceptors (Lipinski definition) is 5. The highest BCUT2D eigenvalue weighted by atomic mass is 79.9. The topological polar surface area (TPSA) is 89.6 Å². The molecular formula is C21H27BrF2N4O2. The molecular weight excluding hydrogens is 458 g/mol. The highest BCUT2D eigenvalue weighted by Gasteiger charge is 2.12. The van der Waals surface area contributed by atoms with E-state index in [2.05, 4.69) is 44.1 Å². The predicted molar refractivity (Wildman–Crippen MR) is 120 cm³/mol. The Labute approximate surface area is 184 Å². The van der Waals surface area contributed by atoms with E-state index in [4.69, 9.17) is 10.5 Å². The van der Waals surface area contributed by atoms with Crippen LogP contribution in [0.3, 0.4) is 0 Å². The lowest BCUT2D eigenvalue weighted by Gasteiger charge is -2.15. The van der Waals surface area contributed by atoms with Crippen molar-refractivity contribution < 1.29 is 18.3 Å². The fourth-order valence-electron chi connectivity index (χ4n) is 2.14. The summed E-state index contributed by atoms with van der Waals surface area (Å²) in [4.78, 5) is 19.7. The summed E-state index contributed by atoms with van der Waals surface area (Å²) in [6.45, 7) is 4.15. The minimum atomic E-state index is -0.485. The molecule has 30 heavy (non-hydrogen) atoms. The zero-order valence-electron chi connectivity index (χ0n) is 17.1. The molecule has 9 heteroatoms. The number of pyridine rings is 1. The SMILES string of the molecule is C#C.CC/C=C(F)\C=C/CNC(=O)c1ncc(Br)cc1C.NC1=NC(CF)COC1. The Morgan fingerprint density at radius 2 is 2.20 bits per heavy atom. The summed E-state index contributed by atoms with van der Waals surface area (Å²) < 4.78 is 30.5. The number of terminal acetylenes is 1. The van der Waals surface area contributed by atoms with Gasteiger partial charge in [0.1, 0.15) is 36.7 Å². The van der Waals surface area contributed by atoms with Crippen LogP contribution in [0, 0.1) is 19.8 Å². The number of rotatable bonds is 6. The quantitative estimate of drug-likeness (QED) is 0.476. The number of ether oxygens (including phenoxy) is 1. The van der Waals surface area contributed by atoms with Crippen molar-refractivity contribution in [2.24, 2.45) is 10.7 Å². The normalized spacial score (nSPS) is 15.9. The number of hydrogen-bond donors (Lipinski definition) is 2. The summed E-state index contributed by atoms with van der Waals surface area (Å²) in [6, 6.07) is 1.46. The Morgan fingerprint density at radius 3 is 2.73 bits per heavy atom. The molecule has 1 amide bonds. The second-order valence-electron chi connectivity index (χ2n) is 5.87. The van der Waals surface area contributed by atoms with Crippen LogP contribution >= 0.6 is 15.9 Å². The maximum Gasteiger partial charge on any atom is 0.270 e. The van der Waals surface area contributed by atoms with Crippen molar-refractivity contribution in [1.29, 1.82) is 0 Å². The number of halogens is 3. The molecule has 6 nitrogen and oxygen atoms in total. The van der Waals surface area contributed by atoms with Gasteiger partial charge >= 0.3 is 0 Å². The lowest BCUT2D eigenvalue weighted by molar-refractivity contribution is 0.0952. The molecule has 0 bridgehead atoms. The molecule has 164 valence electrons. The minimum absolute atomic E-state index is 0.265. The molecule has 0 saturated carbocycles. The standard InChI is InChI=1S/C14H16BrFN2O.C5H9FN2O.C2H2/c1-3-5-12(16)6-4-7-17-14(19)13-10(2)8-11(15)9-18-13;6-1-4-2-9-3-5(7)8-4;1-2/h4-6,8-9H,3,7H2,1-2H3,(H,17,19);4H,1-3H2,(H2,7,8);1-2H/b6-4-,12-5+;;. The fraction of sp³-hybridized carbons (Fsp3) is 0.381. The van der Waals surface area contributed by atoms with Gasteiger partial charge in [0.25, 0.3) is 5.91 Å². The molecule has 2 heterocycles. The van der Waals surface area contributed by atoms with Gasteiger partial charge in [0.15, 0.2) is 0 Å². The van der Waals surface area contributed by atoms with Crippen molar-refractivity contribution in [3.8, 4) is 12.8 Å². The number of alkyl halides is 1. The van der Waals surface area contributed by atoms with E-state index >= 15 is 0 Å². The van der Waals surface area contributed by atoms with Crippen molar-refractivity contribution in [1.82, 2.24) is 10.3 Å². The Balaban J connectivity index is 0.000000636. The summed E-state index contributed by atoms with van der Waals surface area (Å²) >= 11 is 3.29. The molecule has 1 aromatic rings. The third-order valence-corrected chi connectivity index (χ3v) is 3.84. The molecule has 0 radical (unpaired) electrons. The first-order valence-electron chi connectivity index (χ1n) is 9.09. The highest BCUT2D eigenvalue weighted by molar-refractivity contribution is 9.10. The van der Waals surface area contributed by atoms with Crippen LogP contribution in [0.5, 0.6) is 0 Å². The molecule has 0 aromatic carbocycles. The lowest BCUT2D eigenvalue weighted by atomic mass is 10.2. The van der Waals surface area contributed by atoms with Crippen LogP contribution in [-0.2, 0) is 4.74 Å². The van der Waals surface area contributed by atoms with Gasteiger partial charge in [0.2, 0.25) is 0 Å². The van der Waals surface area contributed by atoms with E-state index in [1.54, 1.807) is 12.3 Å². The van der Waals surface area contributed by atoms with Crippen LogP contribution in [-0.4, -0.2) is 49.2 Å². The number of nitrogens with one attached hydrogen (secondary N) is 1. The Bertz CT molecular complexity index is 780. The van der Waals surface area contributed by atoms with Gasteiger partial charge in [-0.25, -0.2) is 13.8 Å². The largest absolute Gasteiger partial charge is 0.386 e. The Morgan fingerprint density at radius 1 is 1.50 bits per heavy atom. The monoisotopic (exact) mass is 484 g/mol. The van der Waals surface area contributed by atoms with E-state index in [9.17, 15) is 13.6 Å². The summed E-state index contributed by atoms with van der Waals surface area (Å²) in [5.74, 6) is -0.173. The van der Waals surface area contributed by atoms with Gasteiger partial charge in [0.05, 0.1) is 6.61 Å². The van der Waals surface area contributed by atoms with E-state index in [1.165, 1.54) is 12.2 Å². The number of amidine groups is 1. The number of allylic oxidation sites excluding steroid dienone is 3. The fourth-order valence-corrected chi connectivity index (χ4v) is 2.58. The summed E-state index contributed by atoms with van der Waals surface area (Å²) in [5, 5.41) is 2.66. The van der Waals surface area contributed by atoms with Gasteiger partial charge < -0.3 is 15.8 Å². The van der Waals surface area contributed by atoms with Crippen LogP contribution in [0.25, 0.3) is 0 Å². The molecule has 0 fully saturated rings. The smallest absolute Gasteiger partial charge is 0.270 e. The van der Waals surface area contributed by atoms with E-state index in [0.717, 1.165) is 10.0 Å². The van der Waals surface area contributed by atoms with Gasteiger partial charge in [-0.15, -0.1) is 12.8 Å². The third-order valence-electron chi connectivity index (χ3n) is 3.40. The maximum absolute atomic E-state index is 13.0. The van der Waals surface area contributed by atoms with Crippen molar-refractivity contribution >= 4 is 27.7 Å². The van der Waals surface area contributed by atoms with Crippen LogP contribution in [0.2, 0.25) is 0 Å². The van der Waals surface area contributed by atoms with Gasteiger partial charge in [-0.05, 0) is 53.1 Å². The predicted octanol–water partition coefficient (Wildman–Crippen LogP) is 3.66. The molecule has 1 aliphatic heterocycles. The van der Waals surface area contributed by atoms with Gasteiger partial charge in [-0.1, -0.05) is 13.0 Å². The zero-order valence-corrected chi connectivity index (χ0v) is 18.7. The van der Waals surface area contributed by atoms with E-state index in [1.807, 2.05) is 19.9 Å². The Kier molecular flexibility index (Phi) is 14.9. The molecule has 3 N–H and O–H groups in total. The summed E-state index contributed by atoms with van der Waals surface area (Å²) in [6.07, 6.45) is 14.6.